The van der Waals surface area contributed by atoms with Gasteiger partial charge >= 0.3 is 0 Å². The Hall–Kier alpha value is -6.10. The lowest BCUT2D eigenvalue weighted by Crippen LogP contribution is -2.14. The van der Waals surface area contributed by atoms with E-state index in [9.17, 15) is 10.5 Å². The van der Waals surface area contributed by atoms with Gasteiger partial charge in [0.2, 0.25) is 0 Å². The van der Waals surface area contributed by atoms with Crippen molar-refractivity contribution in [1.82, 2.24) is 4.57 Å². The fourth-order valence-corrected chi connectivity index (χ4v) is 7.53. The zero-order valence-corrected chi connectivity index (χ0v) is 24.7. The summed E-state index contributed by atoms with van der Waals surface area (Å²) in [5.41, 5.74) is 12.6. The molecular formula is C41H25N3O. The molecule has 0 atom stereocenters. The Morgan fingerprint density at radius 1 is 0.578 bits per heavy atom. The minimum atomic E-state index is -0.104. The average molecular weight is 576 g/mol. The van der Waals surface area contributed by atoms with E-state index in [0.717, 1.165) is 60.6 Å². The molecule has 1 aliphatic carbocycles. The summed E-state index contributed by atoms with van der Waals surface area (Å²) >= 11 is 0. The Labute approximate surface area is 259 Å². The predicted molar refractivity (Wildman–Crippen MR) is 180 cm³/mol. The third-order valence-corrected chi connectivity index (χ3v) is 9.67. The molecule has 45 heavy (non-hydrogen) atoms. The number of rotatable bonds is 2. The molecule has 0 bridgehead atoms. The third-order valence-electron chi connectivity index (χ3n) is 9.67. The molecule has 0 spiro atoms. The van der Waals surface area contributed by atoms with Crippen LogP contribution < -0.4 is 0 Å². The summed E-state index contributed by atoms with van der Waals surface area (Å²) < 4.78 is 8.63. The Balaban J connectivity index is 1.32. The van der Waals surface area contributed by atoms with E-state index in [-0.39, 0.29) is 5.41 Å². The van der Waals surface area contributed by atoms with Gasteiger partial charge in [-0.05, 0) is 82.4 Å². The summed E-state index contributed by atoms with van der Waals surface area (Å²) in [5, 5.41) is 24.2. The van der Waals surface area contributed by atoms with E-state index in [1.165, 1.54) is 22.3 Å². The Morgan fingerprint density at radius 2 is 1.36 bits per heavy atom. The van der Waals surface area contributed by atoms with Crippen LogP contribution in [0.4, 0.5) is 0 Å². The van der Waals surface area contributed by atoms with Crippen molar-refractivity contribution in [2.24, 2.45) is 0 Å². The van der Waals surface area contributed by atoms with Crippen molar-refractivity contribution >= 4 is 43.7 Å². The lowest BCUT2D eigenvalue weighted by Gasteiger charge is -2.21. The summed E-state index contributed by atoms with van der Waals surface area (Å²) in [6.45, 7) is 4.56. The first-order valence-corrected chi connectivity index (χ1v) is 15.1. The van der Waals surface area contributed by atoms with E-state index in [0.29, 0.717) is 11.1 Å². The van der Waals surface area contributed by atoms with Gasteiger partial charge in [0.25, 0.3) is 0 Å². The molecule has 210 valence electrons. The number of hydrogen-bond donors (Lipinski definition) is 0. The summed E-state index contributed by atoms with van der Waals surface area (Å²) in [6, 6.07) is 44.1. The van der Waals surface area contributed by atoms with Gasteiger partial charge < -0.3 is 8.98 Å². The third kappa shape index (κ3) is 3.40. The normalized spacial score (nSPS) is 13.2. The zero-order valence-electron chi connectivity index (χ0n) is 24.7. The molecule has 8 aromatic rings. The van der Waals surface area contributed by atoms with Crippen LogP contribution in [0.2, 0.25) is 0 Å². The Morgan fingerprint density at radius 3 is 2.22 bits per heavy atom. The molecule has 0 saturated heterocycles. The highest BCUT2D eigenvalue weighted by atomic mass is 16.3. The molecule has 0 N–H and O–H groups in total. The molecule has 9 rings (SSSR count). The highest BCUT2D eigenvalue weighted by Crippen LogP contribution is 2.51. The van der Waals surface area contributed by atoms with Gasteiger partial charge in [0.1, 0.15) is 17.2 Å². The van der Waals surface area contributed by atoms with Crippen LogP contribution in [0.5, 0.6) is 0 Å². The largest absolute Gasteiger partial charge is 0.456 e. The highest BCUT2D eigenvalue weighted by Gasteiger charge is 2.36. The zero-order chi connectivity index (χ0) is 30.4. The van der Waals surface area contributed by atoms with Crippen LogP contribution in [-0.4, -0.2) is 4.57 Å². The van der Waals surface area contributed by atoms with E-state index < -0.39 is 0 Å². The van der Waals surface area contributed by atoms with E-state index >= 15 is 0 Å². The first-order valence-electron chi connectivity index (χ1n) is 15.1. The standard InChI is InChI=1S/C41H25N3O/c1-41(2)34-12-5-3-9-28(34)30-20-33-32-19-25(15-17-38(32)45-39(33)21-35(30)41)27-11-7-8-26(23-43)40(27)44-36-13-6-4-10-29(36)31-18-24(22-42)14-16-37(31)44/h3-21H,1-2H3. The minimum Gasteiger partial charge on any atom is -0.456 e. The fraction of sp³-hybridized carbons (Fsp3) is 0.0732. The van der Waals surface area contributed by atoms with Crippen molar-refractivity contribution < 1.29 is 4.42 Å². The fourth-order valence-electron chi connectivity index (χ4n) is 7.53. The molecule has 0 unspecified atom stereocenters. The van der Waals surface area contributed by atoms with Crippen LogP contribution in [0.3, 0.4) is 0 Å². The topological polar surface area (TPSA) is 65.7 Å². The van der Waals surface area contributed by atoms with Crippen LogP contribution in [0.15, 0.2) is 120 Å². The summed E-state index contributed by atoms with van der Waals surface area (Å²) in [5.74, 6) is 0. The van der Waals surface area contributed by atoms with E-state index in [4.69, 9.17) is 4.42 Å². The maximum atomic E-state index is 10.4. The summed E-state index contributed by atoms with van der Waals surface area (Å²) in [6.07, 6.45) is 0. The maximum absolute atomic E-state index is 10.4. The van der Waals surface area contributed by atoms with Gasteiger partial charge in [-0.15, -0.1) is 0 Å². The molecule has 0 amide bonds. The van der Waals surface area contributed by atoms with Gasteiger partial charge in [-0.3, -0.25) is 0 Å². The number of nitriles is 2. The second kappa shape index (κ2) is 8.96. The van der Waals surface area contributed by atoms with Crippen molar-refractivity contribution in [2.45, 2.75) is 19.3 Å². The number of furan rings is 1. The van der Waals surface area contributed by atoms with Gasteiger partial charge in [-0.1, -0.05) is 74.5 Å². The molecule has 4 heteroatoms. The summed E-state index contributed by atoms with van der Waals surface area (Å²) in [4.78, 5) is 0. The van der Waals surface area contributed by atoms with Crippen molar-refractivity contribution in [3.05, 3.63) is 138 Å². The van der Waals surface area contributed by atoms with E-state index in [1.807, 2.05) is 48.5 Å². The van der Waals surface area contributed by atoms with Crippen LogP contribution in [0.1, 0.15) is 36.1 Å². The lowest BCUT2D eigenvalue weighted by molar-refractivity contribution is 0.647. The molecule has 2 heterocycles. The van der Waals surface area contributed by atoms with Crippen LogP contribution in [-0.2, 0) is 5.41 Å². The smallest absolute Gasteiger partial charge is 0.135 e. The van der Waals surface area contributed by atoms with Crippen LogP contribution in [0.25, 0.3) is 71.7 Å². The Kier molecular flexibility index (Phi) is 5.06. The summed E-state index contributed by atoms with van der Waals surface area (Å²) in [7, 11) is 0. The number of benzene rings is 6. The monoisotopic (exact) mass is 575 g/mol. The van der Waals surface area contributed by atoms with Gasteiger partial charge in [-0.2, -0.15) is 10.5 Å². The Bertz CT molecular complexity index is 2650. The van der Waals surface area contributed by atoms with Gasteiger partial charge in [0, 0.05) is 32.5 Å². The molecule has 1 aliphatic rings. The quantitative estimate of drug-likeness (QED) is 0.206. The average Bonchev–Trinajstić information content (AvgIpc) is 3.68. The molecule has 0 radical (unpaired) electrons. The predicted octanol–water partition coefficient (Wildman–Crippen LogP) is 10.4. The first-order chi connectivity index (χ1) is 22.0. The van der Waals surface area contributed by atoms with Crippen LogP contribution >= 0.6 is 0 Å². The molecule has 0 saturated carbocycles. The first kappa shape index (κ1) is 25.4. The number of aromatic nitrogens is 1. The molecule has 0 aliphatic heterocycles. The van der Waals surface area contributed by atoms with Crippen molar-refractivity contribution in [3.63, 3.8) is 0 Å². The lowest BCUT2D eigenvalue weighted by atomic mass is 9.82. The SMILES string of the molecule is CC1(C)c2ccccc2-c2cc3c(cc21)oc1ccc(-c2cccc(C#N)c2-n2c4ccccc4c4cc(C#N)ccc42)cc13. The van der Waals surface area contributed by atoms with E-state index in [1.54, 1.807) is 0 Å². The molecule has 0 fully saturated rings. The van der Waals surface area contributed by atoms with Crippen molar-refractivity contribution in [1.29, 1.82) is 10.5 Å². The number of hydrogen-bond acceptors (Lipinski definition) is 3. The highest BCUT2D eigenvalue weighted by molar-refractivity contribution is 6.11. The van der Waals surface area contributed by atoms with Crippen LogP contribution in [0, 0.1) is 22.7 Å². The van der Waals surface area contributed by atoms with Crippen molar-refractivity contribution in [2.75, 3.05) is 0 Å². The second-order valence-corrected chi connectivity index (χ2v) is 12.4. The molecular weight excluding hydrogens is 550 g/mol. The van der Waals surface area contributed by atoms with E-state index in [2.05, 4.69) is 97.3 Å². The second-order valence-electron chi connectivity index (χ2n) is 12.4. The minimum absolute atomic E-state index is 0.104. The molecule has 6 aromatic carbocycles. The van der Waals surface area contributed by atoms with Gasteiger partial charge in [0.05, 0.1) is 33.9 Å². The van der Waals surface area contributed by atoms with Gasteiger partial charge in [0.15, 0.2) is 0 Å². The number of nitrogens with zero attached hydrogens (tertiary/aromatic N) is 3. The van der Waals surface area contributed by atoms with Gasteiger partial charge in [-0.25, -0.2) is 0 Å². The molecule has 2 aromatic heterocycles. The number of fused-ring (bicyclic) bond motifs is 9. The maximum Gasteiger partial charge on any atom is 0.135 e. The number of para-hydroxylation sites is 2. The van der Waals surface area contributed by atoms with Crippen molar-refractivity contribution in [3.8, 4) is 40.1 Å². The molecule has 4 nitrogen and oxygen atoms in total.